The van der Waals surface area contributed by atoms with E-state index in [1.54, 1.807) is 12.1 Å². The van der Waals surface area contributed by atoms with Crippen LogP contribution in [0.5, 0.6) is 5.75 Å². The predicted octanol–water partition coefficient (Wildman–Crippen LogP) is 6.28. The van der Waals surface area contributed by atoms with E-state index in [9.17, 15) is 9.90 Å². The second-order valence-electron chi connectivity index (χ2n) is 9.51. The van der Waals surface area contributed by atoms with Crippen LogP contribution >= 0.6 is 23.2 Å². The van der Waals surface area contributed by atoms with E-state index >= 15 is 0 Å². The zero-order valence-corrected chi connectivity index (χ0v) is 21.1. The largest absolute Gasteiger partial charge is 0.490 e. The number of nitrogens with zero attached hydrogens (tertiary/aromatic N) is 2. The fourth-order valence-corrected chi connectivity index (χ4v) is 5.87. The van der Waals surface area contributed by atoms with Gasteiger partial charge in [-0.2, -0.15) is 0 Å². The minimum atomic E-state index is -0.778. The van der Waals surface area contributed by atoms with Crippen molar-refractivity contribution in [1.29, 1.82) is 0 Å². The molecule has 2 aliphatic rings. The number of benzene rings is 3. The predicted molar refractivity (Wildman–Crippen MR) is 141 cm³/mol. The summed E-state index contributed by atoms with van der Waals surface area (Å²) in [5, 5.41) is 13.3. The molecule has 1 N–H and O–H groups in total. The molecule has 1 atom stereocenters. The average Bonchev–Trinajstić information content (AvgIpc) is 2.87. The molecular weight excluding hydrogens is 483 g/mol. The van der Waals surface area contributed by atoms with Crippen molar-refractivity contribution in [3.05, 3.63) is 76.3 Å². The smallest absolute Gasteiger partial charge is 0.325 e. The molecule has 2 fully saturated rings. The molecule has 3 aromatic rings. The van der Waals surface area contributed by atoms with E-state index in [1.807, 2.05) is 48.5 Å². The number of rotatable bonds is 6. The lowest BCUT2D eigenvalue weighted by Gasteiger charge is -2.43. The van der Waals surface area contributed by atoms with Gasteiger partial charge in [-0.15, -0.1) is 0 Å². The summed E-state index contributed by atoms with van der Waals surface area (Å²) in [6.45, 7) is 3.54. The van der Waals surface area contributed by atoms with Gasteiger partial charge in [-0.1, -0.05) is 65.7 Å². The number of halogens is 2. The van der Waals surface area contributed by atoms with Gasteiger partial charge in [-0.25, -0.2) is 0 Å². The summed E-state index contributed by atoms with van der Waals surface area (Å²) in [4.78, 5) is 17.1. The third kappa shape index (κ3) is 5.44. The van der Waals surface area contributed by atoms with Crippen LogP contribution in [0.1, 0.15) is 37.3 Å². The number of piperidine rings is 2. The van der Waals surface area contributed by atoms with E-state index in [2.05, 4.69) is 9.80 Å². The van der Waals surface area contributed by atoms with Gasteiger partial charge in [0.15, 0.2) is 0 Å². The first-order valence-electron chi connectivity index (χ1n) is 12.3. The summed E-state index contributed by atoms with van der Waals surface area (Å²) in [5.74, 6) is -0.0145. The molecule has 5 rings (SSSR count). The normalized spacial score (nSPS) is 19.6. The van der Waals surface area contributed by atoms with Crippen molar-refractivity contribution in [1.82, 2.24) is 9.80 Å². The summed E-state index contributed by atoms with van der Waals surface area (Å²) < 4.78 is 6.14. The number of carboxylic acid groups (broad SMARTS) is 1. The highest BCUT2D eigenvalue weighted by Crippen LogP contribution is 2.33. The highest BCUT2D eigenvalue weighted by Gasteiger charge is 2.34. The summed E-state index contributed by atoms with van der Waals surface area (Å²) in [7, 11) is 0. The molecule has 0 aromatic heterocycles. The Labute approximate surface area is 216 Å². The van der Waals surface area contributed by atoms with Crippen LogP contribution < -0.4 is 4.74 Å². The van der Waals surface area contributed by atoms with Gasteiger partial charge in [0.1, 0.15) is 17.9 Å². The maximum atomic E-state index is 12.4. The Balaban J connectivity index is 1.18. The van der Waals surface area contributed by atoms with Crippen molar-refractivity contribution in [3.8, 4) is 5.75 Å². The molecule has 2 heterocycles. The van der Waals surface area contributed by atoms with E-state index in [0.29, 0.717) is 16.1 Å². The Hall–Kier alpha value is -2.31. The highest BCUT2D eigenvalue weighted by atomic mass is 35.5. The maximum Gasteiger partial charge on any atom is 0.325 e. The number of aliphatic carboxylic acids is 1. The molecule has 3 aromatic carbocycles. The van der Waals surface area contributed by atoms with E-state index in [0.717, 1.165) is 73.9 Å². The summed E-state index contributed by atoms with van der Waals surface area (Å²) in [6.07, 6.45) is 4.06. The van der Waals surface area contributed by atoms with Crippen LogP contribution in [0.25, 0.3) is 10.8 Å². The maximum absolute atomic E-state index is 12.4. The van der Waals surface area contributed by atoms with Crippen molar-refractivity contribution in [3.63, 3.8) is 0 Å². The molecule has 0 radical (unpaired) electrons. The topological polar surface area (TPSA) is 53.0 Å². The van der Waals surface area contributed by atoms with Crippen LogP contribution in [0.15, 0.2) is 60.7 Å². The second kappa shape index (κ2) is 10.8. The van der Waals surface area contributed by atoms with Crippen LogP contribution in [0.4, 0.5) is 0 Å². The molecule has 1 unspecified atom stereocenters. The number of carbonyl (C=O) groups is 1. The Bertz CT molecular complexity index is 1180. The van der Waals surface area contributed by atoms with Crippen LogP contribution in [-0.2, 0) is 4.79 Å². The fourth-order valence-electron chi connectivity index (χ4n) is 5.59. The zero-order valence-electron chi connectivity index (χ0n) is 19.6. The Morgan fingerprint density at radius 3 is 2.31 bits per heavy atom. The summed E-state index contributed by atoms with van der Waals surface area (Å²) >= 11 is 12.1. The van der Waals surface area contributed by atoms with Gasteiger partial charge in [0.05, 0.1) is 10.0 Å². The van der Waals surface area contributed by atoms with E-state index in [-0.39, 0.29) is 6.10 Å². The van der Waals surface area contributed by atoms with Crippen molar-refractivity contribution in [2.75, 3.05) is 26.2 Å². The molecule has 5 nitrogen and oxygen atoms in total. The molecule has 2 aliphatic heterocycles. The van der Waals surface area contributed by atoms with E-state index < -0.39 is 12.0 Å². The molecule has 35 heavy (non-hydrogen) atoms. The van der Waals surface area contributed by atoms with Crippen LogP contribution in [0.2, 0.25) is 10.0 Å². The summed E-state index contributed by atoms with van der Waals surface area (Å²) in [6, 6.07) is 19.3. The number of ether oxygens (including phenoxy) is 1. The quantitative estimate of drug-likeness (QED) is 0.421. The molecule has 0 spiro atoms. The Morgan fingerprint density at radius 2 is 1.60 bits per heavy atom. The molecule has 2 saturated heterocycles. The molecule has 0 amide bonds. The first kappa shape index (κ1) is 24.4. The van der Waals surface area contributed by atoms with Crippen molar-refractivity contribution in [2.24, 2.45) is 0 Å². The Morgan fingerprint density at radius 1 is 0.886 bits per heavy atom. The minimum absolute atomic E-state index is 0.173. The van der Waals surface area contributed by atoms with Gasteiger partial charge < -0.3 is 14.7 Å². The third-order valence-corrected chi connectivity index (χ3v) is 8.14. The molecule has 0 aliphatic carbocycles. The van der Waals surface area contributed by atoms with Crippen LogP contribution in [-0.4, -0.2) is 59.2 Å². The highest BCUT2D eigenvalue weighted by molar-refractivity contribution is 6.42. The lowest BCUT2D eigenvalue weighted by molar-refractivity contribution is -0.144. The monoisotopic (exact) mass is 512 g/mol. The van der Waals surface area contributed by atoms with Crippen molar-refractivity contribution in [2.45, 2.75) is 43.9 Å². The lowest BCUT2D eigenvalue weighted by Crippen LogP contribution is -2.50. The standard InChI is InChI=1S/C28H30Cl2N2O3/c29-25-9-8-22(18-26(25)30)35-21-12-16-31(17-13-21)20-10-14-32(15-11-20)27(28(33)34)24-7-3-5-19-4-1-2-6-23(19)24/h1-9,18,20-21,27H,10-17H2,(H,33,34). The first-order valence-corrected chi connectivity index (χ1v) is 13.1. The van der Waals surface area contributed by atoms with Crippen molar-refractivity contribution >= 4 is 39.9 Å². The van der Waals surface area contributed by atoms with Gasteiger partial charge in [-0.05, 0) is 54.2 Å². The van der Waals surface area contributed by atoms with Crippen LogP contribution in [0.3, 0.4) is 0 Å². The number of fused-ring (bicyclic) bond motifs is 1. The van der Waals surface area contributed by atoms with Crippen molar-refractivity contribution < 1.29 is 14.6 Å². The molecular formula is C28H30Cl2N2O3. The third-order valence-electron chi connectivity index (χ3n) is 7.40. The zero-order chi connectivity index (χ0) is 24.4. The van der Waals surface area contributed by atoms with E-state index in [4.69, 9.17) is 27.9 Å². The van der Waals surface area contributed by atoms with Gasteiger partial charge >= 0.3 is 5.97 Å². The molecule has 0 bridgehead atoms. The second-order valence-corrected chi connectivity index (χ2v) is 10.3. The minimum Gasteiger partial charge on any atom is -0.490 e. The molecule has 0 saturated carbocycles. The average molecular weight is 513 g/mol. The van der Waals surface area contributed by atoms with Gasteiger partial charge in [0.2, 0.25) is 0 Å². The molecule has 184 valence electrons. The van der Waals surface area contributed by atoms with Gasteiger partial charge in [0, 0.05) is 38.3 Å². The SMILES string of the molecule is O=C(O)C(c1cccc2ccccc12)N1CCC(N2CCC(Oc3ccc(Cl)c(Cl)c3)CC2)CC1. The molecule has 7 heteroatoms. The number of hydrogen-bond acceptors (Lipinski definition) is 4. The summed E-state index contributed by atoms with van der Waals surface area (Å²) in [5.41, 5.74) is 0.884. The van der Waals surface area contributed by atoms with Gasteiger partial charge in [-0.3, -0.25) is 9.69 Å². The van der Waals surface area contributed by atoms with E-state index in [1.165, 1.54) is 0 Å². The first-order chi connectivity index (χ1) is 17.0. The van der Waals surface area contributed by atoms with Crippen LogP contribution in [0, 0.1) is 0 Å². The number of carboxylic acids is 1. The van der Waals surface area contributed by atoms with Gasteiger partial charge in [0.25, 0.3) is 0 Å². The lowest BCUT2D eigenvalue weighted by atomic mass is 9.94. The Kier molecular flexibility index (Phi) is 7.49. The number of likely N-dealkylation sites (tertiary alicyclic amines) is 2. The fraction of sp³-hybridized carbons (Fsp3) is 0.393. The number of hydrogen-bond donors (Lipinski definition) is 1.